The molecule has 1 aliphatic rings. The van der Waals surface area contributed by atoms with Gasteiger partial charge in [0.25, 0.3) is 0 Å². The molecule has 2 N–H and O–H groups in total. The maximum atomic E-state index is 5.91. The van der Waals surface area contributed by atoms with E-state index >= 15 is 0 Å². The lowest BCUT2D eigenvalue weighted by Gasteiger charge is -2.40. The van der Waals surface area contributed by atoms with E-state index in [0.717, 1.165) is 12.6 Å². The van der Waals surface area contributed by atoms with Crippen molar-refractivity contribution in [2.24, 2.45) is 5.73 Å². The van der Waals surface area contributed by atoms with Gasteiger partial charge in [-0.15, -0.1) is 0 Å². The highest BCUT2D eigenvalue weighted by Crippen LogP contribution is 2.22. The summed E-state index contributed by atoms with van der Waals surface area (Å²) in [6.45, 7) is 6.79. The SMILES string of the molecule is CCCCCCCCCCN1C(C)CCCC1CN. The number of hydrogen-bond donors (Lipinski definition) is 1. The van der Waals surface area contributed by atoms with Crippen LogP contribution in [0.1, 0.15) is 84.5 Å². The molecular weight excluding hydrogens is 232 g/mol. The van der Waals surface area contributed by atoms with Gasteiger partial charge in [0.05, 0.1) is 0 Å². The van der Waals surface area contributed by atoms with Crippen molar-refractivity contribution in [2.75, 3.05) is 13.1 Å². The van der Waals surface area contributed by atoms with Crippen molar-refractivity contribution >= 4 is 0 Å². The summed E-state index contributed by atoms with van der Waals surface area (Å²) in [5.41, 5.74) is 5.91. The standard InChI is InChI=1S/C17H36N2/c1-3-4-5-6-7-8-9-10-14-19-16(2)12-11-13-17(19)15-18/h16-17H,3-15,18H2,1-2H3. The van der Waals surface area contributed by atoms with Crippen molar-refractivity contribution in [2.45, 2.75) is 96.6 Å². The van der Waals surface area contributed by atoms with Gasteiger partial charge in [-0.3, -0.25) is 4.90 Å². The van der Waals surface area contributed by atoms with E-state index in [2.05, 4.69) is 18.7 Å². The third-order valence-corrected chi connectivity index (χ3v) is 4.74. The average molecular weight is 268 g/mol. The molecule has 1 saturated heterocycles. The minimum atomic E-state index is 0.660. The Morgan fingerprint density at radius 2 is 1.58 bits per heavy atom. The molecule has 2 heteroatoms. The lowest BCUT2D eigenvalue weighted by atomic mass is 9.96. The molecule has 114 valence electrons. The molecule has 19 heavy (non-hydrogen) atoms. The fourth-order valence-electron chi connectivity index (χ4n) is 3.42. The molecule has 2 unspecified atom stereocenters. The number of likely N-dealkylation sites (tertiary alicyclic amines) is 1. The molecule has 0 aromatic rings. The lowest BCUT2D eigenvalue weighted by molar-refractivity contribution is 0.0951. The summed E-state index contributed by atoms with van der Waals surface area (Å²) >= 11 is 0. The maximum absolute atomic E-state index is 5.91. The van der Waals surface area contributed by atoms with Gasteiger partial charge in [-0.1, -0.05) is 58.3 Å². The van der Waals surface area contributed by atoms with E-state index in [0.29, 0.717) is 6.04 Å². The van der Waals surface area contributed by atoms with Crippen LogP contribution in [0.3, 0.4) is 0 Å². The molecule has 0 amide bonds. The minimum absolute atomic E-state index is 0.660. The average Bonchev–Trinajstić information content (AvgIpc) is 2.43. The summed E-state index contributed by atoms with van der Waals surface area (Å²) in [5.74, 6) is 0. The summed E-state index contributed by atoms with van der Waals surface area (Å²) in [5, 5.41) is 0. The predicted octanol–water partition coefficient (Wildman–Crippen LogP) is 4.33. The molecule has 0 radical (unpaired) electrons. The second kappa shape index (κ2) is 10.7. The van der Waals surface area contributed by atoms with E-state index in [1.54, 1.807) is 0 Å². The van der Waals surface area contributed by atoms with Gasteiger partial charge in [0, 0.05) is 18.6 Å². The van der Waals surface area contributed by atoms with Crippen molar-refractivity contribution in [3.05, 3.63) is 0 Å². The fourth-order valence-corrected chi connectivity index (χ4v) is 3.42. The van der Waals surface area contributed by atoms with Crippen LogP contribution in [-0.4, -0.2) is 30.1 Å². The summed E-state index contributed by atoms with van der Waals surface area (Å²) in [4.78, 5) is 2.68. The molecule has 0 aliphatic carbocycles. The molecule has 1 heterocycles. The van der Waals surface area contributed by atoms with Crippen molar-refractivity contribution in [3.8, 4) is 0 Å². The smallest absolute Gasteiger partial charge is 0.0221 e. The molecule has 1 aliphatic heterocycles. The topological polar surface area (TPSA) is 29.3 Å². The molecule has 1 rings (SSSR count). The summed E-state index contributed by atoms with van der Waals surface area (Å²) in [6, 6.07) is 1.42. The molecule has 1 fully saturated rings. The first-order valence-corrected chi connectivity index (χ1v) is 8.75. The Hall–Kier alpha value is -0.0800. The van der Waals surface area contributed by atoms with Gasteiger partial charge in [0.2, 0.25) is 0 Å². The van der Waals surface area contributed by atoms with Gasteiger partial charge in [-0.2, -0.15) is 0 Å². The number of nitrogens with two attached hydrogens (primary N) is 1. The van der Waals surface area contributed by atoms with E-state index < -0.39 is 0 Å². The first-order chi connectivity index (χ1) is 9.29. The van der Waals surface area contributed by atoms with Gasteiger partial charge in [0.1, 0.15) is 0 Å². The molecule has 0 aromatic heterocycles. The van der Waals surface area contributed by atoms with Crippen LogP contribution in [0.5, 0.6) is 0 Å². The summed E-state index contributed by atoms with van der Waals surface area (Å²) < 4.78 is 0. The number of piperidine rings is 1. The van der Waals surface area contributed by atoms with E-state index in [4.69, 9.17) is 5.73 Å². The van der Waals surface area contributed by atoms with Crippen molar-refractivity contribution in [3.63, 3.8) is 0 Å². The number of hydrogen-bond acceptors (Lipinski definition) is 2. The summed E-state index contributed by atoms with van der Waals surface area (Å²) in [6.07, 6.45) is 15.4. The maximum Gasteiger partial charge on any atom is 0.0221 e. The molecule has 0 bridgehead atoms. The largest absolute Gasteiger partial charge is 0.329 e. The second-order valence-electron chi connectivity index (χ2n) is 6.38. The minimum Gasteiger partial charge on any atom is -0.329 e. The Morgan fingerprint density at radius 1 is 0.947 bits per heavy atom. The number of nitrogens with zero attached hydrogens (tertiary/aromatic N) is 1. The highest BCUT2D eigenvalue weighted by Gasteiger charge is 2.25. The predicted molar refractivity (Wildman–Crippen MR) is 85.5 cm³/mol. The van der Waals surface area contributed by atoms with Crippen LogP contribution in [0, 0.1) is 0 Å². The van der Waals surface area contributed by atoms with Crippen LogP contribution in [0.15, 0.2) is 0 Å². The Bertz CT molecular complexity index is 205. The monoisotopic (exact) mass is 268 g/mol. The third kappa shape index (κ3) is 6.76. The summed E-state index contributed by atoms with van der Waals surface area (Å²) in [7, 11) is 0. The van der Waals surface area contributed by atoms with Crippen LogP contribution in [0.2, 0.25) is 0 Å². The highest BCUT2D eigenvalue weighted by molar-refractivity contribution is 4.82. The van der Waals surface area contributed by atoms with E-state index in [1.807, 2.05) is 0 Å². The third-order valence-electron chi connectivity index (χ3n) is 4.74. The van der Waals surface area contributed by atoms with Gasteiger partial charge in [0.15, 0.2) is 0 Å². The van der Waals surface area contributed by atoms with E-state index in [-0.39, 0.29) is 0 Å². The Balaban J connectivity index is 2.03. The van der Waals surface area contributed by atoms with Gasteiger partial charge in [-0.25, -0.2) is 0 Å². The zero-order chi connectivity index (χ0) is 13.9. The normalized spacial score (nSPS) is 24.8. The molecule has 0 saturated carbocycles. The first-order valence-electron chi connectivity index (χ1n) is 8.75. The molecule has 0 aromatic carbocycles. The van der Waals surface area contributed by atoms with Crippen LogP contribution < -0.4 is 5.73 Å². The quantitative estimate of drug-likeness (QED) is 0.598. The van der Waals surface area contributed by atoms with E-state index in [9.17, 15) is 0 Å². The zero-order valence-corrected chi connectivity index (χ0v) is 13.4. The van der Waals surface area contributed by atoms with Crippen molar-refractivity contribution in [1.82, 2.24) is 4.90 Å². The number of unbranched alkanes of at least 4 members (excludes halogenated alkanes) is 7. The second-order valence-corrected chi connectivity index (χ2v) is 6.38. The Kier molecular flexibility index (Phi) is 9.54. The Labute approximate surface area is 121 Å². The first kappa shape index (κ1) is 17.0. The highest BCUT2D eigenvalue weighted by atomic mass is 15.2. The van der Waals surface area contributed by atoms with Gasteiger partial charge >= 0.3 is 0 Å². The zero-order valence-electron chi connectivity index (χ0n) is 13.4. The lowest BCUT2D eigenvalue weighted by Crippen LogP contribution is -2.49. The van der Waals surface area contributed by atoms with Gasteiger partial charge in [-0.05, 0) is 32.7 Å². The van der Waals surface area contributed by atoms with E-state index in [1.165, 1.54) is 77.2 Å². The Morgan fingerprint density at radius 3 is 2.21 bits per heavy atom. The number of rotatable bonds is 10. The van der Waals surface area contributed by atoms with Crippen molar-refractivity contribution < 1.29 is 0 Å². The fraction of sp³-hybridized carbons (Fsp3) is 1.00. The van der Waals surface area contributed by atoms with Crippen molar-refractivity contribution in [1.29, 1.82) is 0 Å². The van der Waals surface area contributed by atoms with Crippen LogP contribution in [-0.2, 0) is 0 Å². The molecule has 2 nitrogen and oxygen atoms in total. The van der Waals surface area contributed by atoms with Gasteiger partial charge < -0.3 is 5.73 Å². The van der Waals surface area contributed by atoms with Crippen LogP contribution in [0.4, 0.5) is 0 Å². The van der Waals surface area contributed by atoms with Crippen LogP contribution in [0.25, 0.3) is 0 Å². The molecule has 0 spiro atoms. The van der Waals surface area contributed by atoms with Crippen LogP contribution >= 0.6 is 0 Å². The molecule has 2 atom stereocenters. The molecular formula is C17H36N2.